The van der Waals surface area contributed by atoms with Crippen molar-refractivity contribution in [2.45, 2.75) is 13.0 Å². The van der Waals surface area contributed by atoms with E-state index in [1.165, 1.54) is 24.0 Å². The Balaban J connectivity index is 2.82. The average Bonchev–Trinajstić information content (AvgIpc) is 2.61. The summed E-state index contributed by atoms with van der Waals surface area (Å²) in [4.78, 5) is 10.6. The van der Waals surface area contributed by atoms with Crippen molar-refractivity contribution in [3.05, 3.63) is 18.0 Å². The van der Waals surface area contributed by atoms with Gasteiger partial charge in [-0.25, -0.2) is 4.79 Å². The zero-order valence-corrected chi connectivity index (χ0v) is 7.64. The van der Waals surface area contributed by atoms with E-state index in [0.717, 1.165) is 0 Å². The van der Waals surface area contributed by atoms with Gasteiger partial charge in [0.25, 0.3) is 0 Å². The Kier molecular flexibility index (Phi) is 3.26. The summed E-state index contributed by atoms with van der Waals surface area (Å²) in [6.45, 7) is 1.30. The van der Waals surface area contributed by atoms with Crippen LogP contribution < -0.4 is 0 Å². The molecular formula is C9H10N2O3. The highest BCUT2D eigenvalue weighted by Gasteiger charge is 2.13. The van der Waals surface area contributed by atoms with Gasteiger partial charge in [-0.2, -0.15) is 5.10 Å². The molecule has 0 amide bonds. The maximum Gasteiger partial charge on any atom is 0.328 e. The van der Waals surface area contributed by atoms with Crippen molar-refractivity contribution >= 4 is 5.97 Å². The predicted octanol–water partition coefficient (Wildman–Crippen LogP) is -0.127. The largest absolute Gasteiger partial charge is 0.480 e. The second kappa shape index (κ2) is 4.44. The Labute approximate surface area is 81.0 Å². The Hall–Kier alpha value is -1.80. The summed E-state index contributed by atoms with van der Waals surface area (Å²) < 4.78 is 1.31. The molecule has 74 valence electrons. The molecule has 0 aromatic carbocycles. The second-order valence-electron chi connectivity index (χ2n) is 2.68. The molecule has 0 fully saturated rings. The number of aliphatic carboxylic acids is 1. The molecule has 1 atom stereocenters. The van der Waals surface area contributed by atoms with E-state index in [-0.39, 0.29) is 6.61 Å². The molecule has 2 N–H and O–H groups in total. The van der Waals surface area contributed by atoms with E-state index >= 15 is 0 Å². The van der Waals surface area contributed by atoms with Crippen LogP contribution in [0.15, 0.2) is 12.4 Å². The van der Waals surface area contributed by atoms with E-state index in [2.05, 4.69) is 16.9 Å². The number of carboxylic acid groups (broad SMARTS) is 1. The molecule has 5 heteroatoms. The minimum absolute atomic E-state index is 0.223. The van der Waals surface area contributed by atoms with Crippen LogP contribution in [-0.2, 0) is 4.79 Å². The van der Waals surface area contributed by atoms with Crippen LogP contribution >= 0.6 is 0 Å². The number of aromatic nitrogens is 2. The number of carbonyl (C=O) groups is 1. The summed E-state index contributed by atoms with van der Waals surface area (Å²) in [6.07, 6.45) is 2.99. The quantitative estimate of drug-likeness (QED) is 0.643. The molecule has 14 heavy (non-hydrogen) atoms. The highest BCUT2D eigenvalue weighted by molar-refractivity contribution is 5.71. The third-order valence-corrected chi connectivity index (χ3v) is 1.67. The lowest BCUT2D eigenvalue weighted by molar-refractivity contribution is -0.140. The predicted molar refractivity (Wildman–Crippen MR) is 48.5 cm³/mol. The topological polar surface area (TPSA) is 75.3 Å². The number of aliphatic hydroxyl groups is 1. The summed E-state index contributed by atoms with van der Waals surface area (Å²) in [5.41, 5.74) is 0.590. The van der Waals surface area contributed by atoms with E-state index < -0.39 is 12.0 Å². The van der Waals surface area contributed by atoms with Crippen molar-refractivity contribution in [3.8, 4) is 11.8 Å². The van der Waals surface area contributed by atoms with Gasteiger partial charge < -0.3 is 10.2 Å². The van der Waals surface area contributed by atoms with Crippen LogP contribution in [-0.4, -0.2) is 32.6 Å². The summed E-state index contributed by atoms with van der Waals surface area (Å²) in [6, 6.07) is -0.709. The number of rotatable bonds is 2. The standard InChI is InChI=1S/C9H10N2O3/c1-7(9(13)14)11-6-8(5-10-11)3-2-4-12/h5-7,12H,4H2,1H3,(H,13,14)/t7-/m0/s1. The summed E-state index contributed by atoms with van der Waals surface area (Å²) >= 11 is 0. The summed E-state index contributed by atoms with van der Waals surface area (Å²) in [7, 11) is 0. The molecule has 1 rings (SSSR count). The number of hydrogen-bond donors (Lipinski definition) is 2. The molecule has 0 saturated carbocycles. The second-order valence-corrected chi connectivity index (χ2v) is 2.68. The van der Waals surface area contributed by atoms with Crippen molar-refractivity contribution in [2.24, 2.45) is 0 Å². The van der Waals surface area contributed by atoms with Crippen LogP contribution in [0.1, 0.15) is 18.5 Å². The van der Waals surface area contributed by atoms with E-state index in [1.54, 1.807) is 0 Å². The van der Waals surface area contributed by atoms with Gasteiger partial charge in [0.1, 0.15) is 12.6 Å². The number of aliphatic hydroxyl groups excluding tert-OH is 1. The van der Waals surface area contributed by atoms with Crippen LogP contribution in [0.2, 0.25) is 0 Å². The van der Waals surface area contributed by atoms with Crippen molar-refractivity contribution in [3.63, 3.8) is 0 Å². The fourth-order valence-electron chi connectivity index (χ4n) is 0.869. The average molecular weight is 194 g/mol. The van der Waals surface area contributed by atoms with Crippen molar-refractivity contribution < 1.29 is 15.0 Å². The van der Waals surface area contributed by atoms with Crippen LogP contribution in [0.4, 0.5) is 0 Å². The third kappa shape index (κ3) is 2.34. The van der Waals surface area contributed by atoms with Gasteiger partial charge in [0.15, 0.2) is 0 Å². The first-order chi connectivity index (χ1) is 6.65. The van der Waals surface area contributed by atoms with E-state index in [4.69, 9.17) is 10.2 Å². The SMILES string of the molecule is C[C@@H](C(=O)O)n1cc(C#CCO)cn1. The normalized spacial score (nSPS) is 11.6. The Morgan fingerprint density at radius 3 is 3.07 bits per heavy atom. The maximum absolute atomic E-state index is 10.6. The van der Waals surface area contributed by atoms with Gasteiger partial charge in [0.2, 0.25) is 0 Å². The molecule has 1 heterocycles. The lowest BCUT2D eigenvalue weighted by Crippen LogP contribution is -2.15. The number of nitrogens with zero attached hydrogens (tertiary/aromatic N) is 2. The zero-order valence-electron chi connectivity index (χ0n) is 7.64. The van der Waals surface area contributed by atoms with Crippen molar-refractivity contribution in [1.29, 1.82) is 0 Å². The van der Waals surface area contributed by atoms with Gasteiger partial charge in [-0.05, 0) is 6.92 Å². The Morgan fingerprint density at radius 2 is 2.50 bits per heavy atom. The molecular weight excluding hydrogens is 184 g/mol. The first kappa shape index (κ1) is 10.3. The van der Waals surface area contributed by atoms with Crippen LogP contribution in [0, 0.1) is 11.8 Å². The Bertz CT molecular complexity index is 386. The van der Waals surface area contributed by atoms with Gasteiger partial charge in [0, 0.05) is 6.20 Å². The molecule has 0 unspecified atom stereocenters. The monoisotopic (exact) mass is 194 g/mol. The minimum Gasteiger partial charge on any atom is -0.480 e. The van der Waals surface area contributed by atoms with Crippen molar-refractivity contribution in [1.82, 2.24) is 9.78 Å². The lowest BCUT2D eigenvalue weighted by Gasteiger charge is -2.04. The van der Waals surface area contributed by atoms with E-state index in [9.17, 15) is 4.79 Å². The summed E-state index contributed by atoms with van der Waals surface area (Å²) in [5, 5.41) is 21.0. The fourth-order valence-corrected chi connectivity index (χ4v) is 0.869. The van der Waals surface area contributed by atoms with Crippen LogP contribution in [0.25, 0.3) is 0 Å². The molecule has 0 bridgehead atoms. The van der Waals surface area contributed by atoms with Crippen LogP contribution in [0.5, 0.6) is 0 Å². The van der Waals surface area contributed by atoms with Gasteiger partial charge >= 0.3 is 5.97 Å². The fraction of sp³-hybridized carbons (Fsp3) is 0.333. The van der Waals surface area contributed by atoms with Gasteiger partial charge in [-0.3, -0.25) is 4.68 Å². The first-order valence-electron chi connectivity index (χ1n) is 4.02. The zero-order chi connectivity index (χ0) is 10.6. The molecule has 5 nitrogen and oxygen atoms in total. The molecule has 0 radical (unpaired) electrons. The number of hydrogen-bond acceptors (Lipinski definition) is 3. The smallest absolute Gasteiger partial charge is 0.328 e. The summed E-state index contributed by atoms with van der Waals surface area (Å²) in [5.74, 6) is 4.13. The van der Waals surface area contributed by atoms with Gasteiger partial charge in [-0.15, -0.1) is 0 Å². The maximum atomic E-state index is 10.6. The lowest BCUT2D eigenvalue weighted by atomic mass is 10.3. The van der Waals surface area contributed by atoms with E-state index in [0.29, 0.717) is 5.56 Å². The molecule has 0 spiro atoms. The molecule has 1 aromatic heterocycles. The molecule has 0 aliphatic carbocycles. The van der Waals surface area contributed by atoms with Crippen LogP contribution in [0.3, 0.4) is 0 Å². The van der Waals surface area contributed by atoms with Crippen molar-refractivity contribution in [2.75, 3.05) is 6.61 Å². The minimum atomic E-state index is -0.949. The highest BCUT2D eigenvalue weighted by Crippen LogP contribution is 2.05. The molecule has 0 aliphatic heterocycles. The highest BCUT2D eigenvalue weighted by atomic mass is 16.4. The van der Waals surface area contributed by atoms with Gasteiger partial charge in [-0.1, -0.05) is 11.8 Å². The molecule has 0 aliphatic rings. The third-order valence-electron chi connectivity index (χ3n) is 1.67. The van der Waals surface area contributed by atoms with Gasteiger partial charge in [0.05, 0.1) is 11.8 Å². The molecule has 0 saturated heterocycles. The Morgan fingerprint density at radius 1 is 1.79 bits per heavy atom. The first-order valence-corrected chi connectivity index (χ1v) is 4.02. The molecule has 1 aromatic rings. The number of carboxylic acids is 1. The van der Waals surface area contributed by atoms with E-state index in [1.807, 2.05) is 0 Å².